The molecule has 0 amide bonds. The van der Waals surface area contributed by atoms with Crippen LogP contribution in [0.3, 0.4) is 0 Å². The Labute approximate surface area is 299 Å². The highest BCUT2D eigenvalue weighted by Crippen LogP contribution is 2.39. The van der Waals surface area contributed by atoms with Gasteiger partial charge in [-0.25, -0.2) is 9.79 Å². The second-order valence-electron chi connectivity index (χ2n) is 9.90. The highest BCUT2D eigenvalue weighted by atomic mass is 127. The first-order valence-corrected chi connectivity index (χ1v) is 16.9. The van der Waals surface area contributed by atoms with Crippen molar-refractivity contribution in [2.24, 2.45) is 4.99 Å². The second kappa shape index (κ2) is 14.6. The van der Waals surface area contributed by atoms with Gasteiger partial charge < -0.3 is 14.2 Å². The standard InChI is InChI=1S/C32H23Cl3F3IN2O5S/c1-3-44-23-12-16(11-22(39)27(23)46-15-18-7-10-20(34)14-21(18)35)13-24-29(42)41-26(17-5-8-19(33)9-6-17)25(30(43)45-4-2)28(32(36,37)38)40-31(41)47-24/h5-14,26H,3-4,15H2,1-2H3/b24-13-/t26-/m1/s1. The topological polar surface area (TPSA) is 79.1 Å². The molecule has 246 valence electrons. The smallest absolute Gasteiger partial charge is 0.434 e. The molecule has 5 rings (SSSR count). The molecule has 2 heterocycles. The number of halogens is 7. The first-order chi connectivity index (χ1) is 22.3. The lowest BCUT2D eigenvalue weighted by Gasteiger charge is -2.26. The van der Waals surface area contributed by atoms with Crippen LogP contribution in [0.1, 0.15) is 36.6 Å². The van der Waals surface area contributed by atoms with Gasteiger partial charge in [-0.3, -0.25) is 9.36 Å². The number of esters is 1. The van der Waals surface area contributed by atoms with E-state index in [9.17, 15) is 22.8 Å². The number of aromatic nitrogens is 1. The highest BCUT2D eigenvalue weighted by Gasteiger charge is 2.45. The maximum atomic E-state index is 14.4. The summed E-state index contributed by atoms with van der Waals surface area (Å²) in [6.07, 6.45) is -3.49. The van der Waals surface area contributed by atoms with E-state index in [2.05, 4.69) is 27.6 Å². The van der Waals surface area contributed by atoms with Crippen molar-refractivity contribution in [3.8, 4) is 11.5 Å². The van der Waals surface area contributed by atoms with Crippen molar-refractivity contribution in [3.63, 3.8) is 0 Å². The van der Waals surface area contributed by atoms with E-state index < -0.39 is 35.0 Å². The van der Waals surface area contributed by atoms with Gasteiger partial charge in [0.1, 0.15) is 6.61 Å². The van der Waals surface area contributed by atoms with Crippen LogP contribution in [-0.4, -0.2) is 29.9 Å². The normalized spacial score (nSPS) is 14.9. The van der Waals surface area contributed by atoms with E-state index in [4.69, 9.17) is 49.0 Å². The minimum atomic E-state index is -5.02. The molecular weight excluding hydrogens is 815 g/mol. The summed E-state index contributed by atoms with van der Waals surface area (Å²) in [6, 6.07) is 12.8. The number of nitrogens with zero attached hydrogens (tertiary/aromatic N) is 2. The van der Waals surface area contributed by atoms with E-state index in [1.165, 1.54) is 37.3 Å². The van der Waals surface area contributed by atoms with Crippen molar-refractivity contribution in [3.05, 3.63) is 121 Å². The molecule has 1 aromatic heterocycles. The highest BCUT2D eigenvalue weighted by molar-refractivity contribution is 14.1. The molecule has 1 aliphatic rings. The number of hydrogen-bond donors (Lipinski definition) is 0. The van der Waals surface area contributed by atoms with E-state index in [-0.39, 0.29) is 28.1 Å². The lowest BCUT2D eigenvalue weighted by Crippen LogP contribution is -2.41. The maximum Gasteiger partial charge on any atom is 0.434 e. The summed E-state index contributed by atoms with van der Waals surface area (Å²) >= 11 is 21.2. The third-order valence-corrected chi connectivity index (χ3v) is 9.42. The largest absolute Gasteiger partial charge is 0.490 e. The molecule has 3 aromatic carbocycles. The molecule has 1 aliphatic heterocycles. The number of rotatable bonds is 9. The van der Waals surface area contributed by atoms with Crippen LogP contribution >= 0.6 is 68.7 Å². The molecule has 1 atom stereocenters. The minimum Gasteiger partial charge on any atom is -0.490 e. The number of carbonyl (C=O) groups is 1. The van der Waals surface area contributed by atoms with Gasteiger partial charge in [0, 0.05) is 20.6 Å². The summed E-state index contributed by atoms with van der Waals surface area (Å²) in [5.74, 6) is -0.413. The summed E-state index contributed by atoms with van der Waals surface area (Å²) in [6.45, 7) is 3.52. The Morgan fingerprint density at radius 1 is 1.02 bits per heavy atom. The fourth-order valence-electron chi connectivity index (χ4n) is 4.82. The van der Waals surface area contributed by atoms with Crippen molar-refractivity contribution in [1.82, 2.24) is 4.57 Å². The molecule has 0 N–H and O–H groups in total. The fraction of sp³-hybridized carbons (Fsp3) is 0.219. The van der Waals surface area contributed by atoms with E-state index in [0.29, 0.717) is 47.9 Å². The molecule has 7 nitrogen and oxygen atoms in total. The number of alkyl halides is 3. The first kappa shape index (κ1) is 35.3. The Hall–Kier alpha value is -3.04. The predicted molar refractivity (Wildman–Crippen MR) is 183 cm³/mol. The Bertz CT molecular complexity index is 2060. The molecular formula is C32H23Cl3F3IN2O5S. The molecule has 0 spiro atoms. The van der Waals surface area contributed by atoms with Gasteiger partial charge in [-0.1, -0.05) is 64.3 Å². The molecule has 0 bridgehead atoms. The number of carbonyl (C=O) groups excluding carboxylic acids is 1. The van der Waals surface area contributed by atoms with Crippen molar-refractivity contribution in [2.75, 3.05) is 13.2 Å². The summed E-state index contributed by atoms with van der Waals surface area (Å²) in [7, 11) is 0. The van der Waals surface area contributed by atoms with Gasteiger partial charge in [0.25, 0.3) is 5.56 Å². The van der Waals surface area contributed by atoms with Crippen molar-refractivity contribution in [1.29, 1.82) is 0 Å². The van der Waals surface area contributed by atoms with Crippen LogP contribution in [0.25, 0.3) is 6.08 Å². The number of allylic oxidation sites excluding steroid dienone is 1. The Morgan fingerprint density at radius 3 is 2.36 bits per heavy atom. The van der Waals surface area contributed by atoms with Crippen LogP contribution in [0.15, 0.2) is 75.7 Å². The number of hydrogen-bond acceptors (Lipinski definition) is 7. The zero-order valence-corrected chi connectivity index (χ0v) is 29.7. The number of fused-ring (bicyclic) bond motifs is 1. The molecule has 4 aromatic rings. The number of benzene rings is 3. The van der Waals surface area contributed by atoms with Crippen LogP contribution in [0, 0.1) is 3.57 Å². The van der Waals surface area contributed by atoms with E-state index in [1.54, 1.807) is 37.3 Å². The monoisotopic (exact) mass is 836 g/mol. The van der Waals surface area contributed by atoms with Gasteiger partial charge in [-0.05, 0) is 90.0 Å². The Morgan fingerprint density at radius 2 is 1.72 bits per heavy atom. The quantitative estimate of drug-likeness (QED) is 0.127. The van der Waals surface area contributed by atoms with Crippen molar-refractivity contribution < 1.29 is 32.2 Å². The second-order valence-corrected chi connectivity index (χ2v) is 13.4. The lowest BCUT2D eigenvalue weighted by atomic mass is 9.95. The van der Waals surface area contributed by atoms with E-state index >= 15 is 0 Å². The van der Waals surface area contributed by atoms with Crippen LogP contribution < -0.4 is 24.4 Å². The molecule has 0 unspecified atom stereocenters. The molecule has 0 saturated carbocycles. The van der Waals surface area contributed by atoms with Crippen LogP contribution in [0.5, 0.6) is 11.5 Å². The van der Waals surface area contributed by atoms with E-state index in [1.807, 2.05) is 0 Å². The van der Waals surface area contributed by atoms with Gasteiger partial charge in [-0.15, -0.1) is 0 Å². The molecule has 0 radical (unpaired) electrons. The SMILES string of the molecule is CCOC(=O)C1=C(C(F)(F)F)N=c2s/c(=C\c3cc(I)c(OCc4ccc(Cl)cc4Cl)c(OCC)c3)c(=O)n2[C@@H]1c1ccc(Cl)cc1. The van der Waals surface area contributed by atoms with Gasteiger partial charge in [0.2, 0.25) is 0 Å². The lowest BCUT2D eigenvalue weighted by molar-refractivity contribution is -0.140. The summed E-state index contributed by atoms with van der Waals surface area (Å²) in [5.41, 5.74) is -1.44. The molecule has 0 aliphatic carbocycles. The van der Waals surface area contributed by atoms with Crippen LogP contribution in [0.4, 0.5) is 13.2 Å². The Balaban J connectivity index is 1.64. The average molecular weight is 838 g/mol. The van der Waals surface area contributed by atoms with Gasteiger partial charge in [0.05, 0.1) is 32.9 Å². The molecule has 47 heavy (non-hydrogen) atoms. The summed E-state index contributed by atoms with van der Waals surface area (Å²) in [4.78, 5) is 30.5. The van der Waals surface area contributed by atoms with Crippen LogP contribution in [-0.2, 0) is 16.1 Å². The zero-order valence-electron chi connectivity index (χ0n) is 24.5. The third kappa shape index (κ3) is 7.67. The predicted octanol–water partition coefficient (Wildman–Crippen LogP) is 7.88. The average Bonchev–Trinajstić information content (AvgIpc) is 3.31. The van der Waals surface area contributed by atoms with Crippen molar-refractivity contribution >= 4 is 80.8 Å². The number of ether oxygens (including phenoxy) is 3. The first-order valence-electron chi connectivity index (χ1n) is 13.9. The number of thiazole rings is 1. The molecule has 0 saturated heterocycles. The van der Waals surface area contributed by atoms with Crippen LogP contribution in [0.2, 0.25) is 15.1 Å². The summed E-state index contributed by atoms with van der Waals surface area (Å²) < 4.78 is 61.9. The summed E-state index contributed by atoms with van der Waals surface area (Å²) in [5, 5.41) is 1.25. The maximum absolute atomic E-state index is 14.4. The third-order valence-electron chi connectivity index (χ3n) is 6.80. The van der Waals surface area contributed by atoms with Gasteiger partial charge in [-0.2, -0.15) is 13.2 Å². The Kier molecular flexibility index (Phi) is 11.0. The zero-order chi connectivity index (χ0) is 34.0. The van der Waals surface area contributed by atoms with E-state index in [0.717, 1.165) is 15.9 Å². The minimum absolute atomic E-state index is 0.0780. The van der Waals surface area contributed by atoms with Gasteiger partial charge in [0.15, 0.2) is 22.0 Å². The molecule has 15 heteroatoms. The fourth-order valence-corrected chi connectivity index (χ4v) is 7.19. The molecule has 0 fully saturated rings. The van der Waals surface area contributed by atoms with Crippen molar-refractivity contribution in [2.45, 2.75) is 32.7 Å². The van der Waals surface area contributed by atoms with Gasteiger partial charge >= 0.3 is 12.1 Å².